The van der Waals surface area contributed by atoms with Gasteiger partial charge < -0.3 is 29.4 Å². The molecular formula is C21H31NO6. The molecule has 0 bridgehead atoms. The first-order valence-corrected chi connectivity index (χ1v) is 9.66. The summed E-state index contributed by atoms with van der Waals surface area (Å²) in [4.78, 5) is 11.7. The van der Waals surface area contributed by atoms with Crippen molar-refractivity contribution in [3.8, 4) is 5.75 Å². The first kappa shape index (κ1) is 21.0. The van der Waals surface area contributed by atoms with Crippen molar-refractivity contribution in [3.63, 3.8) is 0 Å². The van der Waals surface area contributed by atoms with E-state index >= 15 is 0 Å². The number of hydrogen-bond acceptors (Lipinski definition) is 6. The minimum absolute atomic E-state index is 0.0333. The molecule has 2 N–H and O–H groups in total. The minimum Gasteiger partial charge on any atom is -0.463 e. The number of aliphatic hydroxyl groups excluding tert-OH is 1. The van der Waals surface area contributed by atoms with Crippen LogP contribution < -0.4 is 10.1 Å². The van der Waals surface area contributed by atoms with Gasteiger partial charge in [0.05, 0.1) is 6.61 Å². The zero-order valence-electron chi connectivity index (χ0n) is 17.4. The third-order valence-corrected chi connectivity index (χ3v) is 5.03. The van der Waals surface area contributed by atoms with Crippen molar-refractivity contribution < 1.29 is 28.8 Å². The predicted molar refractivity (Wildman–Crippen MR) is 103 cm³/mol. The third kappa shape index (κ3) is 4.66. The number of ether oxygens (including phenoxy) is 4. The van der Waals surface area contributed by atoms with Gasteiger partial charge in [-0.3, -0.25) is 4.79 Å². The maximum absolute atomic E-state index is 11.7. The average molecular weight is 393 g/mol. The Labute approximate surface area is 166 Å². The summed E-state index contributed by atoms with van der Waals surface area (Å²) >= 11 is 0. The quantitative estimate of drug-likeness (QED) is 0.818. The normalized spacial score (nSPS) is 32.3. The Balaban J connectivity index is 1.79. The molecule has 7 nitrogen and oxygen atoms in total. The minimum atomic E-state index is -0.996. The van der Waals surface area contributed by atoms with Crippen LogP contribution in [0.1, 0.15) is 47.1 Å². The largest absolute Gasteiger partial charge is 0.463 e. The van der Waals surface area contributed by atoms with Crippen molar-refractivity contribution in [2.24, 2.45) is 0 Å². The van der Waals surface area contributed by atoms with Gasteiger partial charge in [0.25, 0.3) is 0 Å². The molecule has 2 fully saturated rings. The van der Waals surface area contributed by atoms with Gasteiger partial charge in [0.2, 0.25) is 12.2 Å². The molecule has 2 aliphatic rings. The molecule has 0 spiro atoms. The summed E-state index contributed by atoms with van der Waals surface area (Å²) < 4.78 is 23.5. The molecular weight excluding hydrogens is 362 g/mol. The summed E-state index contributed by atoms with van der Waals surface area (Å²) in [6, 6.07) is 6.96. The fraction of sp³-hybridized carbons (Fsp3) is 0.667. The number of carbonyl (C=O) groups is 1. The van der Waals surface area contributed by atoms with E-state index in [1.807, 2.05) is 24.3 Å². The number of aliphatic hydroxyl groups is 1. The van der Waals surface area contributed by atoms with Gasteiger partial charge in [-0.05, 0) is 37.0 Å². The molecule has 3 rings (SSSR count). The van der Waals surface area contributed by atoms with Crippen LogP contribution in [0.5, 0.6) is 5.75 Å². The van der Waals surface area contributed by atoms with Crippen LogP contribution >= 0.6 is 0 Å². The second-order valence-corrected chi connectivity index (χ2v) is 8.95. The van der Waals surface area contributed by atoms with Gasteiger partial charge in [0, 0.05) is 6.92 Å². The molecule has 28 heavy (non-hydrogen) atoms. The van der Waals surface area contributed by atoms with Crippen molar-refractivity contribution in [2.75, 3.05) is 6.61 Å². The predicted octanol–water partition coefficient (Wildman–Crippen LogP) is 2.10. The van der Waals surface area contributed by atoms with E-state index in [0.29, 0.717) is 5.75 Å². The number of carbonyl (C=O) groups excluding carboxylic acids is 1. The lowest BCUT2D eigenvalue weighted by Gasteiger charge is -2.49. The number of nitrogens with one attached hydrogen (secondary N) is 1. The van der Waals surface area contributed by atoms with Crippen LogP contribution in [0.15, 0.2) is 24.3 Å². The van der Waals surface area contributed by atoms with E-state index in [0.717, 1.165) is 0 Å². The smallest absolute Gasteiger partial charge is 0.223 e. The fourth-order valence-corrected chi connectivity index (χ4v) is 3.50. The van der Waals surface area contributed by atoms with Crippen molar-refractivity contribution in [1.82, 2.24) is 5.32 Å². The lowest BCUT2D eigenvalue weighted by Crippen LogP contribution is -2.69. The second kappa shape index (κ2) is 7.63. The molecule has 1 amide bonds. The number of rotatable bonds is 3. The molecule has 2 heterocycles. The summed E-state index contributed by atoms with van der Waals surface area (Å²) in [7, 11) is 0. The van der Waals surface area contributed by atoms with Crippen molar-refractivity contribution in [3.05, 3.63) is 29.8 Å². The zero-order valence-corrected chi connectivity index (χ0v) is 17.4. The molecule has 156 valence electrons. The van der Waals surface area contributed by atoms with Gasteiger partial charge in [0.1, 0.15) is 30.1 Å². The maximum atomic E-state index is 11.7. The summed E-state index contributed by atoms with van der Waals surface area (Å²) in [6.45, 7) is 11.6. The number of fused-ring (bicyclic) bond motifs is 1. The van der Waals surface area contributed by atoms with Crippen LogP contribution in [0.25, 0.3) is 0 Å². The van der Waals surface area contributed by atoms with E-state index in [4.69, 9.17) is 18.9 Å². The summed E-state index contributed by atoms with van der Waals surface area (Å²) in [6.07, 6.45) is -2.98. The van der Waals surface area contributed by atoms with Crippen LogP contribution in [0, 0.1) is 0 Å². The van der Waals surface area contributed by atoms with Gasteiger partial charge >= 0.3 is 0 Å². The monoisotopic (exact) mass is 393 g/mol. The van der Waals surface area contributed by atoms with E-state index < -0.39 is 36.4 Å². The molecule has 1 aromatic carbocycles. The summed E-state index contributed by atoms with van der Waals surface area (Å²) in [5.41, 5.74) is 1.21. The SMILES string of the molecule is CC(=O)NC1C(Oc2ccc(C(C)(C)C)cc2)OC2COC(C)(C)OC2C1O. The molecule has 5 atom stereocenters. The number of benzene rings is 1. The Bertz CT molecular complexity index is 696. The van der Waals surface area contributed by atoms with Gasteiger partial charge in [-0.2, -0.15) is 0 Å². The molecule has 7 heteroatoms. The Kier molecular flexibility index (Phi) is 5.74. The van der Waals surface area contributed by atoms with Gasteiger partial charge in [-0.1, -0.05) is 32.9 Å². The highest BCUT2D eigenvalue weighted by Crippen LogP contribution is 2.33. The maximum Gasteiger partial charge on any atom is 0.223 e. The molecule has 5 unspecified atom stereocenters. The average Bonchev–Trinajstić information content (AvgIpc) is 2.58. The van der Waals surface area contributed by atoms with Crippen LogP contribution in [0.4, 0.5) is 0 Å². The molecule has 1 aromatic rings. The van der Waals surface area contributed by atoms with Crippen molar-refractivity contribution in [2.45, 2.75) is 83.4 Å². The molecule has 0 aliphatic carbocycles. The Morgan fingerprint density at radius 2 is 1.89 bits per heavy atom. The van der Waals surface area contributed by atoms with Crippen LogP contribution in [-0.4, -0.2) is 54.1 Å². The Morgan fingerprint density at radius 1 is 1.25 bits per heavy atom. The van der Waals surface area contributed by atoms with Crippen molar-refractivity contribution in [1.29, 1.82) is 0 Å². The van der Waals surface area contributed by atoms with E-state index in [-0.39, 0.29) is 17.9 Å². The third-order valence-electron chi connectivity index (χ3n) is 5.03. The summed E-state index contributed by atoms with van der Waals surface area (Å²) in [5, 5.41) is 13.6. The van der Waals surface area contributed by atoms with E-state index in [2.05, 4.69) is 26.1 Å². The van der Waals surface area contributed by atoms with Crippen molar-refractivity contribution >= 4 is 5.91 Å². The second-order valence-electron chi connectivity index (χ2n) is 8.95. The summed E-state index contributed by atoms with van der Waals surface area (Å²) in [5.74, 6) is -0.519. The van der Waals surface area contributed by atoms with E-state index in [1.54, 1.807) is 13.8 Å². The van der Waals surface area contributed by atoms with E-state index in [1.165, 1.54) is 12.5 Å². The van der Waals surface area contributed by atoms with Gasteiger partial charge in [-0.25, -0.2) is 0 Å². The highest BCUT2D eigenvalue weighted by Gasteiger charge is 2.52. The Morgan fingerprint density at radius 3 is 2.46 bits per heavy atom. The zero-order chi connectivity index (χ0) is 20.7. The van der Waals surface area contributed by atoms with Crippen LogP contribution in [-0.2, 0) is 24.4 Å². The first-order chi connectivity index (χ1) is 13.0. The first-order valence-electron chi connectivity index (χ1n) is 9.66. The lowest BCUT2D eigenvalue weighted by molar-refractivity contribution is -0.361. The van der Waals surface area contributed by atoms with Crippen LogP contribution in [0.3, 0.4) is 0 Å². The Hall–Kier alpha value is -1.67. The van der Waals surface area contributed by atoms with Crippen LogP contribution in [0.2, 0.25) is 0 Å². The fourth-order valence-electron chi connectivity index (χ4n) is 3.50. The standard InChI is InChI=1S/C21H31NO6/c1-12(23)22-16-17(24)18-15(11-25-21(5,6)28-18)27-19(16)26-14-9-7-13(8-10-14)20(2,3)4/h7-10,15-19,24H,11H2,1-6H3,(H,22,23). The van der Waals surface area contributed by atoms with E-state index in [9.17, 15) is 9.90 Å². The molecule has 2 aliphatic heterocycles. The number of amides is 1. The van der Waals surface area contributed by atoms with Gasteiger partial charge in [-0.15, -0.1) is 0 Å². The highest BCUT2D eigenvalue weighted by molar-refractivity contribution is 5.73. The topological polar surface area (TPSA) is 86.3 Å². The number of hydrogen-bond donors (Lipinski definition) is 2. The molecule has 0 aromatic heterocycles. The molecule has 2 saturated heterocycles. The van der Waals surface area contributed by atoms with Gasteiger partial charge in [0.15, 0.2) is 5.79 Å². The highest BCUT2D eigenvalue weighted by atomic mass is 16.8. The molecule has 0 saturated carbocycles. The molecule has 0 radical (unpaired) electrons. The lowest BCUT2D eigenvalue weighted by atomic mass is 9.87.